The second-order valence-electron chi connectivity index (χ2n) is 7.49. The van der Waals surface area contributed by atoms with Crippen LogP contribution in [0, 0.1) is 0 Å². The molecule has 7 heteroatoms. The number of amidine groups is 1. The van der Waals surface area contributed by atoms with Crippen LogP contribution in [-0.2, 0) is 21.2 Å². The molecule has 0 spiro atoms. The summed E-state index contributed by atoms with van der Waals surface area (Å²) in [6.45, 7) is 2.70. The van der Waals surface area contributed by atoms with Crippen molar-refractivity contribution in [3.05, 3.63) is 59.7 Å². The molecule has 0 aromatic heterocycles. The summed E-state index contributed by atoms with van der Waals surface area (Å²) in [5.41, 5.74) is 2.75. The average Bonchev–Trinajstić information content (AvgIpc) is 3.00. The van der Waals surface area contributed by atoms with E-state index >= 15 is 0 Å². The Balaban J connectivity index is 1.37. The lowest BCUT2D eigenvalue weighted by molar-refractivity contribution is -0.116. The van der Waals surface area contributed by atoms with Crippen molar-refractivity contribution in [2.75, 3.05) is 11.9 Å². The fourth-order valence-corrected chi connectivity index (χ4v) is 4.63. The minimum absolute atomic E-state index is 0.0140. The second kappa shape index (κ2) is 10.4. The highest BCUT2D eigenvalue weighted by Gasteiger charge is 2.29. The number of anilines is 1. The molecule has 0 radical (unpaired) electrons. The Bertz CT molecular complexity index is 999. The molecule has 2 aromatic carbocycles. The van der Waals surface area contributed by atoms with Crippen LogP contribution in [0.1, 0.15) is 56.6 Å². The van der Waals surface area contributed by atoms with Crippen molar-refractivity contribution in [3.63, 3.8) is 0 Å². The van der Waals surface area contributed by atoms with E-state index in [0.29, 0.717) is 24.4 Å². The van der Waals surface area contributed by atoms with Crippen LogP contribution in [0.25, 0.3) is 0 Å². The molecule has 0 saturated carbocycles. The van der Waals surface area contributed by atoms with Crippen molar-refractivity contribution in [1.29, 1.82) is 0 Å². The molecule has 2 aromatic rings. The van der Waals surface area contributed by atoms with Crippen LogP contribution in [0.3, 0.4) is 0 Å². The van der Waals surface area contributed by atoms with Crippen molar-refractivity contribution >= 4 is 27.5 Å². The summed E-state index contributed by atoms with van der Waals surface area (Å²) in [6, 6.07) is 14.9. The third kappa shape index (κ3) is 5.92. The summed E-state index contributed by atoms with van der Waals surface area (Å²) in [5.74, 6) is 0.422. The van der Waals surface area contributed by atoms with E-state index in [0.717, 1.165) is 31.4 Å². The van der Waals surface area contributed by atoms with Gasteiger partial charge >= 0.3 is 0 Å². The topological polar surface area (TPSA) is 87.6 Å². The predicted octanol–water partition coefficient (Wildman–Crippen LogP) is 4.27. The molecule has 0 fully saturated rings. The van der Waals surface area contributed by atoms with E-state index in [9.17, 15) is 13.2 Å². The quantitative estimate of drug-likeness (QED) is 0.555. The van der Waals surface area contributed by atoms with E-state index in [-0.39, 0.29) is 10.8 Å². The number of rotatable bonds is 10. The van der Waals surface area contributed by atoms with Crippen molar-refractivity contribution in [1.82, 2.24) is 4.72 Å². The minimum Gasteiger partial charge on any atom is -0.326 e. The zero-order chi connectivity index (χ0) is 21.4. The molecule has 30 heavy (non-hydrogen) atoms. The van der Waals surface area contributed by atoms with Gasteiger partial charge in [-0.1, -0.05) is 44.0 Å². The number of benzene rings is 2. The number of amides is 1. The Morgan fingerprint density at radius 3 is 2.53 bits per heavy atom. The van der Waals surface area contributed by atoms with E-state index in [1.54, 1.807) is 24.3 Å². The van der Waals surface area contributed by atoms with Crippen molar-refractivity contribution in [2.45, 2.75) is 56.8 Å². The first-order valence-corrected chi connectivity index (χ1v) is 12.0. The van der Waals surface area contributed by atoms with Crippen molar-refractivity contribution < 1.29 is 13.2 Å². The van der Waals surface area contributed by atoms with Gasteiger partial charge in [0.1, 0.15) is 5.84 Å². The van der Waals surface area contributed by atoms with Gasteiger partial charge in [0.15, 0.2) is 0 Å². The lowest BCUT2D eigenvalue weighted by Crippen LogP contribution is -2.22. The maximum Gasteiger partial charge on any atom is 0.263 e. The molecule has 0 aliphatic carbocycles. The zero-order valence-electron chi connectivity index (χ0n) is 17.4. The van der Waals surface area contributed by atoms with Gasteiger partial charge in [0.25, 0.3) is 10.0 Å². The van der Waals surface area contributed by atoms with Gasteiger partial charge in [-0.3, -0.25) is 14.5 Å². The highest BCUT2D eigenvalue weighted by Crippen LogP contribution is 2.22. The van der Waals surface area contributed by atoms with Crippen LogP contribution >= 0.6 is 0 Å². The molecular formula is C23H29N3O3S. The second-order valence-corrected chi connectivity index (χ2v) is 9.14. The van der Waals surface area contributed by atoms with Gasteiger partial charge in [0.05, 0.1) is 4.90 Å². The van der Waals surface area contributed by atoms with Gasteiger partial charge in [-0.2, -0.15) is 0 Å². The van der Waals surface area contributed by atoms with E-state index in [1.807, 2.05) is 12.1 Å². The summed E-state index contributed by atoms with van der Waals surface area (Å²) in [6.07, 6.45) is 6.31. The lowest BCUT2D eigenvalue weighted by atomic mass is 10.1. The number of hydrogen-bond acceptors (Lipinski definition) is 4. The molecule has 1 amide bonds. The molecule has 2 N–H and O–H groups in total. The van der Waals surface area contributed by atoms with Crippen molar-refractivity contribution in [3.8, 4) is 0 Å². The van der Waals surface area contributed by atoms with Crippen LogP contribution in [0.5, 0.6) is 0 Å². The van der Waals surface area contributed by atoms with E-state index in [4.69, 9.17) is 0 Å². The van der Waals surface area contributed by atoms with Gasteiger partial charge in [0, 0.05) is 24.2 Å². The highest BCUT2D eigenvalue weighted by atomic mass is 32.2. The van der Waals surface area contributed by atoms with E-state index in [1.165, 1.54) is 18.4 Å². The molecule has 0 atom stereocenters. The summed E-state index contributed by atoms with van der Waals surface area (Å²) in [7, 11) is -3.48. The molecular weight excluding hydrogens is 398 g/mol. The fourth-order valence-electron chi connectivity index (χ4n) is 3.38. The minimum atomic E-state index is -3.48. The Morgan fingerprint density at radius 1 is 1.00 bits per heavy atom. The van der Waals surface area contributed by atoms with Crippen LogP contribution in [-0.4, -0.2) is 26.7 Å². The Morgan fingerprint density at radius 2 is 1.77 bits per heavy atom. The number of sulfonamides is 1. The van der Waals surface area contributed by atoms with Crippen molar-refractivity contribution in [2.24, 2.45) is 4.99 Å². The first-order valence-electron chi connectivity index (χ1n) is 10.5. The SMILES string of the molecule is CCCCc1ccc(NC(=O)CCCCCN=C2NS(=O)(=O)c3ccccc32)cc1. The number of carbonyl (C=O) groups is 1. The lowest BCUT2D eigenvalue weighted by Gasteiger charge is -2.06. The monoisotopic (exact) mass is 427 g/mol. The molecule has 160 valence electrons. The standard InChI is InChI=1S/C23H29N3O3S/c1-2-3-9-18-13-15-19(16-14-18)25-22(27)12-5-4-8-17-24-23-20-10-6-7-11-21(20)30(28,29)26-23/h6-7,10-11,13-16H,2-5,8-9,12,17H2,1H3,(H,24,26)(H,25,27). The molecule has 0 saturated heterocycles. The van der Waals surface area contributed by atoms with Gasteiger partial charge in [0.2, 0.25) is 5.91 Å². The number of aryl methyl sites for hydroxylation is 1. The molecule has 1 aliphatic rings. The third-order valence-electron chi connectivity index (χ3n) is 5.05. The molecule has 0 unspecified atom stereocenters. The van der Waals surface area contributed by atoms with Crippen LogP contribution < -0.4 is 10.0 Å². The number of carbonyl (C=O) groups excluding carboxylic acids is 1. The van der Waals surface area contributed by atoms with Gasteiger partial charge in [-0.05, 0) is 55.5 Å². The maximum atomic E-state index is 12.1. The smallest absolute Gasteiger partial charge is 0.263 e. The van der Waals surface area contributed by atoms with Crippen LogP contribution in [0.2, 0.25) is 0 Å². The van der Waals surface area contributed by atoms with Crippen LogP contribution in [0.15, 0.2) is 58.4 Å². The number of hydrogen-bond donors (Lipinski definition) is 2. The molecule has 0 bridgehead atoms. The summed E-state index contributed by atoms with van der Waals surface area (Å²) >= 11 is 0. The largest absolute Gasteiger partial charge is 0.326 e. The molecule has 1 heterocycles. The first-order chi connectivity index (χ1) is 14.5. The normalized spacial score (nSPS) is 15.6. The third-order valence-corrected chi connectivity index (χ3v) is 6.45. The number of unbranched alkanes of at least 4 members (excludes halogenated alkanes) is 3. The number of fused-ring (bicyclic) bond motifs is 1. The fraction of sp³-hybridized carbons (Fsp3) is 0.391. The number of aliphatic imine (C=N–C) groups is 1. The van der Waals surface area contributed by atoms with Gasteiger partial charge in [-0.15, -0.1) is 0 Å². The van der Waals surface area contributed by atoms with Crippen LogP contribution in [0.4, 0.5) is 5.69 Å². The zero-order valence-corrected chi connectivity index (χ0v) is 18.2. The molecule has 3 rings (SSSR count). The Kier molecular flexibility index (Phi) is 7.63. The highest BCUT2D eigenvalue weighted by molar-refractivity contribution is 7.90. The average molecular weight is 428 g/mol. The van der Waals surface area contributed by atoms with E-state index < -0.39 is 10.0 Å². The number of nitrogens with zero attached hydrogens (tertiary/aromatic N) is 1. The molecule has 1 aliphatic heterocycles. The van der Waals surface area contributed by atoms with Gasteiger partial charge < -0.3 is 5.32 Å². The maximum absolute atomic E-state index is 12.1. The number of nitrogens with one attached hydrogen (secondary N) is 2. The Labute approximate surface area is 178 Å². The Hall–Kier alpha value is -2.67. The summed E-state index contributed by atoms with van der Waals surface area (Å²) in [4.78, 5) is 16.8. The van der Waals surface area contributed by atoms with Gasteiger partial charge in [-0.25, -0.2) is 8.42 Å². The molecule has 6 nitrogen and oxygen atoms in total. The summed E-state index contributed by atoms with van der Waals surface area (Å²) in [5, 5.41) is 2.94. The first kappa shape index (κ1) is 22.0. The predicted molar refractivity (Wildman–Crippen MR) is 120 cm³/mol. The summed E-state index contributed by atoms with van der Waals surface area (Å²) < 4.78 is 26.6. The van der Waals surface area contributed by atoms with E-state index in [2.05, 4.69) is 34.1 Å².